The van der Waals surface area contributed by atoms with Crippen molar-refractivity contribution in [1.82, 2.24) is 4.90 Å². The third-order valence-corrected chi connectivity index (χ3v) is 2.96. The number of benzene rings is 1. The van der Waals surface area contributed by atoms with E-state index in [-0.39, 0.29) is 24.4 Å². The molecule has 19 heavy (non-hydrogen) atoms. The van der Waals surface area contributed by atoms with E-state index in [4.69, 9.17) is 5.73 Å². The number of rotatable bonds is 5. The molecule has 2 unspecified atom stereocenters. The SMILES string of the molecule is CC(=O)N(C)CC(O)C(N)Cc1cc(F)ccc1F. The Kier molecular flexibility index (Phi) is 5.38. The highest BCUT2D eigenvalue weighted by atomic mass is 19.1. The summed E-state index contributed by atoms with van der Waals surface area (Å²) in [6, 6.07) is 2.31. The molecule has 3 N–H and O–H groups in total. The maximum absolute atomic E-state index is 13.4. The Labute approximate surface area is 110 Å². The maximum Gasteiger partial charge on any atom is 0.219 e. The molecule has 0 saturated carbocycles. The lowest BCUT2D eigenvalue weighted by Crippen LogP contribution is -2.44. The normalized spacial score (nSPS) is 14.0. The fourth-order valence-electron chi connectivity index (χ4n) is 1.63. The van der Waals surface area contributed by atoms with Crippen LogP contribution < -0.4 is 5.73 Å². The number of nitrogens with two attached hydrogens (primary N) is 1. The minimum atomic E-state index is -1.00. The molecule has 1 aromatic rings. The minimum absolute atomic E-state index is 0.00347. The second-order valence-corrected chi connectivity index (χ2v) is 4.57. The lowest BCUT2D eigenvalue weighted by atomic mass is 10.0. The topological polar surface area (TPSA) is 66.6 Å². The summed E-state index contributed by atoms with van der Waals surface area (Å²) in [4.78, 5) is 12.3. The van der Waals surface area contributed by atoms with Crippen LogP contribution in [0.1, 0.15) is 12.5 Å². The van der Waals surface area contributed by atoms with E-state index in [9.17, 15) is 18.7 Å². The molecule has 106 valence electrons. The van der Waals surface area contributed by atoms with Crippen molar-refractivity contribution < 1.29 is 18.7 Å². The third kappa shape index (κ3) is 4.57. The molecule has 0 saturated heterocycles. The van der Waals surface area contributed by atoms with Gasteiger partial charge in [0.25, 0.3) is 0 Å². The van der Waals surface area contributed by atoms with E-state index in [2.05, 4.69) is 0 Å². The molecule has 1 aromatic carbocycles. The fraction of sp³-hybridized carbons (Fsp3) is 0.462. The van der Waals surface area contributed by atoms with Gasteiger partial charge >= 0.3 is 0 Å². The van der Waals surface area contributed by atoms with Crippen molar-refractivity contribution in [3.05, 3.63) is 35.4 Å². The van der Waals surface area contributed by atoms with Crippen LogP contribution in [0.15, 0.2) is 18.2 Å². The monoisotopic (exact) mass is 272 g/mol. The lowest BCUT2D eigenvalue weighted by molar-refractivity contribution is -0.128. The molecule has 0 aromatic heterocycles. The Morgan fingerprint density at radius 2 is 2.11 bits per heavy atom. The number of aliphatic hydroxyl groups excluding tert-OH is 1. The van der Waals surface area contributed by atoms with E-state index in [1.54, 1.807) is 0 Å². The zero-order valence-corrected chi connectivity index (χ0v) is 10.9. The number of amides is 1. The molecule has 0 spiro atoms. The zero-order chi connectivity index (χ0) is 14.6. The van der Waals surface area contributed by atoms with Gasteiger partial charge in [-0.15, -0.1) is 0 Å². The molecule has 0 aliphatic carbocycles. The highest BCUT2D eigenvalue weighted by Crippen LogP contribution is 2.12. The lowest BCUT2D eigenvalue weighted by Gasteiger charge is -2.24. The summed E-state index contributed by atoms with van der Waals surface area (Å²) in [5.74, 6) is -1.33. The average molecular weight is 272 g/mol. The van der Waals surface area contributed by atoms with E-state index in [1.165, 1.54) is 18.9 Å². The average Bonchev–Trinajstić information content (AvgIpc) is 2.33. The number of halogens is 2. The van der Waals surface area contributed by atoms with Crippen LogP contribution >= 0.6 is 0 Å². The third-order valence-electron chi connectivity index (χ3n) is 2.96. The molecule has 1 rings (SSSR count). The molecule has 0 aliphatic heterocycles. The quantitative estimate of drug-likeness (QED) is 0.828. The largest absolute Gasteiger partial charge is 0.390 e. The van der Waals surface area contributed by atoms with Crippen molar-refractivity contribution in [1.29, 1.82) is 0 Å². The number of carbonyl (C=O) groups is 1. The van der Waals surface area contributed by atoms with Crippen LogP contribution in [0.2, 0.25) is 0 Å². The molecule has 0 bridgehead atoms. The number of carbonyl (C=O) groups excluding carboxylic acids is 1. The number of likely N-dealkylation sites (N-methyl/N-ethyl adjacent to an activating group) is 1. The Hall–Kier alpha value is -1.53. The second kappa shape index (κ2) is 6.58. The Bertz CT molecular complexity index is 454. The summed E-state index contributed by atoms with van der Waals surface area (Å²) in [5.41, 5.74) is 5.85. The molecule has 4 nitrogen and oxygen atoms in total. The number of hydrogen-bond donors (Lipinski definition) is 2. The van der Waals surface area contributed by atoms with Gasteiger partial charge in [-0.2, -0.15) is 0 Å². The first-order chi connectivity index (χ1) is 8.81. The van der Waals surface area contributed by atoms with Gasteiger partial charge in [-0.25, -0.2) is 8.78 Å². The zero-order valence-electron chi connectivity index (χ0n) is 10.9. The summed E-state index contributed by atoms with van der Waals surface area (Å²) in [6.07, 6.45) is -1.01. The van der Waals surface area contributed by atoms with Gasteiger partial charge in [-0.05, 0) is 30.2 Å². The standard InChI is InChI=1S/C13H18F2N2O2/c1-8(18)17(2)7-13(19)12(16)6-9-5-10(14)3-4-11(9)15/h3-5,12-13,19H,6-7,16H2,1-2H3. The summed E-state index contributed by atoms with van der Waals surface area (Å²) >= 11 is 0. The molecule has 0 aliphatic rings. The Morgan fingerprint density at radius 3 is 2.68 bits per heavy atom. The van der Waals surface area contributed by atoms with Gasteiger partial charge in [-0.1, -0.05) is 0 Å². The molecule has 0 heterocycles. The van der Waals surface area contributed by atoms with Crippen molar-refractivity contribution >= 4 is 5.91 Å². The van der Waals surface area contributed by atoms with Gasteiger partial charge in [-0.3, -0.25) is 4.79 Å². The fourth-order valence-corrected chi connectivity index (χ4v) is 1.63. The first kappa shape index (κ1) is 15.5. The molecule has 6 heteroatoms. The maximum atomic E-state index is 13.4. The Balaban J connectivity index is 2.65. The van der Waals surface area contributed by atoms with Crippen LogP contribution in [0.25, 0.3) is 0 Å². The van der Waals surface area contributed by atoms with Crippen LogP contribution in [0, 0.1) is 11.6 Å². The molecular weight excluding hydrogens is 254 g/mol. The predicted molar refractivity (Wildman–Crippen MR) is 67.4 cm³/mol. The summed E-state index contributed by atoms with van der Waals surface area (Å²) in [7, 11) is 1.53. The molecular formula is C13H18F2N2O2. The van der Waals surface area contributed by atoms with E-state index in [0.29, 0.717) is 0 Å². The number of aliphatic hydroxyl groups is 1. The molecule has 1 amide bonds. The van der Waals surface area contributed by atoms with Crippen molar-refractivity contribution in [3.8, 4) is 0 Å². The summed E-state index contributed by atoms with van der Waals surface area (Å²) < 4.78 is 26.4. The van der Waals surface area contributed by atoms with Gasteiger partial charge in [0.2, 0.25) is 5.91 Å². The molecule has 0 radical (unpaired) electrons. The van der Waals surface area contributed by atoms with E-state index >= 15 is 0 Å². The van der Waals surface area contributed by atoms with Gasteiger partial charge in [0.15, 0.2) is 0 Å². The van der Waals surface area contributed by atoms with E-state index < -0.39 is 23.8 Å². The molecule has 0 fully saturated rings. The van der Waals surface area contributed by atoms with Gasteiger partial charge in [0.1, 0.15) is 11.6 Å². The smallest absolute Gasteiger partial charge is 0.219 e. The van der Waals surface area contributed by atoms with Crippen LogP contribution in [0.4, 0.5) is 8.78 Å². The first-order valence-corrected chi connectivity index (χ1v) is 5.90. The molecule has 2 atom stereocenters. The second-order valence-electron chi connectivity index (χ2n) is 4.57. The van der Waals surface area contributed by atoms with Crippen LogP contribution in [0.5, 0.6) is 0 Å². The van der Waals surface area contributed by atoms with Gasteiger partial charge < -0.3 is 15.7 Å². The van der Waals surface area contributed by atoms with E-state index in [0.717, 1.165) is 18.2 Å². The highest BCUT2D eigenvalue weighted by molar-refractivity contribution is 5.72. The van der Waals surface area contributed by atoms with E-state index in [1.807, 2.05) is 0 Å². The van der Waals surface area contributed by atoms with Crippen LogP contribution in [-0.4, -0.2) is 41.7 Å². The van der Waals surface area contributed by atoms with Gasteiger partial charge in [0.05, 0.1) is 6.10 Å². The Morgan fingerprint density at radius 1 is 1.47 bits per heavy atom. The van der Waals surface area contributed by atoms with Crippen molar-refractivity contribution in [2.75, 3.05) is 13.6 Å². The summed E-state index contributed by atoms with van der Waals surface area (Å²) in [6.45, 7) is 1.41. The first-order valence-electron chi connectivity index (χ1n) is 5.90. The highest BCUT2D eigenvalue weighted by Gasteiger charge is 2.19. The van der Waals surface area contributed by atoms with Gasteiger partial charge in [0, 0.05) is 26.6 Å². The van der Waals surface area contributed by atoms with Crippen molar-refractivity contribution in [2.45, 2.75) is 25.5 Å². The van der Waals surface area contributed by atoms with Crippen molar-refractivity contribution in [3.63, 3.8) is 0 Å². The predicted octanol–water partition coefficient (Wildman–Crippen LogP) is 0.674. The number of nitrogens with zero attached hydrogens (tertiary/aromatic N) is 1. The van der Waals surface area contributed by atoms with Crippen molar-refractivity contribution in [2.24, 2.45) is 5.73 Å². The summed E-state index contributed by atoms with van der Waals surface area (Å²) in [5, 5.41) is 9.82. The number of hydrogen-bond acceptors (Lipinski definition) is 3. The minimum Gasteiger partial charge on any atom is -0.390 e. The van der Waals surface area contributed by atoms with Crippen LogP contribution in [0.3, 0.4) is 0 Å². The van der Waals surface area contributed by atoms with Crippen LogP contribution in [-0.2, 0) is 11.2 Å².